The summed E-state index contributed by atoms with van der Waals surface area (Å²) in [6, 6.07) is 5.76. The number of hydrogen-bond donors (Lipinski definition) is 2. The predicted molar refractivity (Wildman–Crippen MR) is 115 cm³/mol. The standard InChI is InChI=1S/C22H21ClN4O4/c1-12-25-16-4-2-3-14(11-24-20(29)13-5-7-15(23)8-6-13)19(16)22(31)27(12)17-9-10-18(28)26-21(17)30/h2,4-8,14,17H,3,9-11H2,1H3,(H,24,29)(H,26,28,30). The Hall–Kier alpha value is -3.26. The molecule has 160 valence electrons. The number of piperidine rings is 1. The van der Waals surface area contributed by atoms with Crippen LogP contribution in [0, 0.1) is 6.92 Å². The lowest BCUT2D eigenvalue weighted by Gasteiger charge is -2.27. The Kier molecular flexibility index (Phi) is 5.73. The van der Waals surface area contributed by atoms with Crippen LogP contribution in [0.15, 0.2) is 35.1 Å². The van der Waals surface area contributed by atoms with Crippen molar-refractivity contribution in [2.45, 2.75) is 38.1 Å². The predicted octanol–water partition coefficient (Wildman–Crippen LogP) is 2.11. The SMILES string of the molecule is Cc1nc2c(c(=O)n1C1CCC(=O)NC1=O)C(CNC(=O)c1ccc(Cl)cc1)CC=C2. The van der Waals surface area contributed by atoms with Crippen LogP contribution < -0.4 is 16.2 Å². The summed E-state index contributed by atoms with van der Waals surface area (Å²) in [6.45, 7) is 1.92. The van der Waals surface area contributed by atoms with Crippen molar-refractivity contribution in [2.24, 2.45) is 0 Å². The fourth-order valence-electron chi connectivity index (χ4n) is 4.05. The molecule has 3 amide bonds. The van der Waals surface area contributed by atoms with Crippen molar-refractivity contribution >= 4 is 35.4 Å². The first kappa shape index (κ1) is 21.0. The van der Waals surface area contributed by atoms with Gasteiger partial charge in [0.15, 0.2) is 0 Å². The van der Waals surface area contributed by atoms with Crippen LogP contribution in [-0.4, -0.2) is 33.8 Å². The number of nitrogens with one attached hydrogen (secondary N) is 2. The molecule has 2 aliphatic rings. The molecule has 0 radical (unpaired) electrons. The number of fused-ring (bicyclic) bond motifs is 1. The molecular formula is C22H21ClN4O4. The molecule has 31 heavy (non-hydrogen) atoms. The van der Waals surface area contributed by atoms with Crippen molar-refractivity contribution in [1.82, 2.24) is 20.2 Å². The Morgan fingerprint density at radius 3 is 2.71 bits per heavy atom. The quantitative estimate of drug-likeness (QED) is 0.707. The minimum absolute atomic E-state index is 0.167. The van der Waals surface area contributed by atoms with Crippen LogP contribution in [0.1, 0.15) is 58.7 Å². The Morgan fingerprint density at radius 2 is 2.00 bits per heavy atom. The number of rotatable bonds is 4. The Bertz CT molecular complexity index is 1150. The summed E-state index contributed by atoms with van der Waals surface area (Å²) in [5, 5.41) is 5.70. The van der Waals surface area contributed by atoms with Gasteiger partial charge in [0.2, 0.25) is 11.8 Å². The molecule has 1 aromatic carbocycles. The maximum absolute atomic E-state index is 13.4. The molecular weight excluding hydrogens is 420 g/mol. The van der Waals surface area contributed by atoms with Crippen molar-refractivity contribution in [3.63, 3.8) is 0 Å². The lowest BCUT2D eigenvalue weighted by atomic mass is 9.90. The minimum atomic E-state index is -0.779. The van der Waals surface area contributed by atoms with E-state index in [1.807, 2.05) is 6.08 Å². The first-order valence-corrected chi connectivity index (χ1v) is 10.4. The normalized spacial score (nSPS) is 20.2. The molecule has 1 aromatic heterocycles. The summed E-state index contributed by atoms with van der Waals surface area (Å²) in [7, 11) is 0. The zero-order chi connectivity index (χ0) is 22.1. The van der Waals surface area contributed by atoms with E-state index in [-0.39, 0.29) is 42.7 Å². The van der Waals surface area contributed by atoms with E-state index in [2.05, 4.69) is 15.6 Å². The molecule has 4 rings (SSSR count). The average molecular weight is 441 g/mol. The highest BCUT2D eigenvalue weighted by Crippen LogP contribution is 2.27. The van der Waals surface area contributed by atoms with Gasteiger partial charge in [-0.15, -0.1) is 0 Å². The van der Waals surface area contributed by atoms with Gasteiger partial charge in [-0.2, -0.15) is 0 Å². The van der Waals surface area contributed by atoms with Gasteiger partial charge in [0.25, 0.3) is 11.5 Å². The van der Waals surface area contributed by atoms with E-state index in [0.717, 1.165) is 0 Å². The van der Waals surface area contributed by atoms with Crippen molar-refractivity contribution in [2.75, 3.05) is 6.54 Å². The lowest BCUT2D eigenvalue weighted by Crippen LogP contribution is -2.46. The van der Waals surface area contributed by atoms with E-state index in [4.69, 9.17) is 11.6 Å². The van der Waals surface area contributed by atoms with Gasteiger partial charge in [-0.05, 0) is 50.1 Å². The fourth-order valence-corrected chi connectivity index (χ4v) is 4.17. The minimum Gasteiger partial charge on any atom is -0.351 e. The van der Waals surface area contributed by atoms with Crippen LogP contribution in [0.25, 0.3) is 6.08 Å². The molecule has 2 heterocycles. The maximum atomic E-state index is 13.4. The molecule has 1 aliphatic carbocycles. The van der Waals surface area contributed by atoms with Gasteiger partial charge in [-0.25, -0.2) is 4.98 Å². The van der Waals surface area contributed by atoms with Crippen LogP contribution in [0.3, 0.4) is 0 Å². The fraction of sp³-hybridized carbons (Fsp3) is 0.318. The Labute approximate surface area is 183 Å². The number of benzene rings is 1. The van der Waals surface area contributed by atoms with Crippen LogP contribution in [-0.2, 0) is 9.59 Å². The topological polar surface area (TPSA) is 110 Å². The third kappa shape index (κ3) is 4.16. The smallest absolute Gasteiger partial charge is 0.258 e. The van der Waals surface area contributed by atoms with Gasteiger partial charge in [0, 0.05) is 35.0 Å². The third-order valence-corrected chi connectivity index (χ3v) is 5.85. The number of halogens is 1. The summed E-state index contributed by atoms with van der Waals surface area (Å²) >= 11 is 5.87. The van der Waals surface area contributed by atoms with Crippen molar-refractivity contribution < 1.29 is 14.4 Å². The largest absolute Gasteiger partial charge is 0.351 e. The van der Waals surface area contributed by atoms with Gasteiger partial charge < -0.3 is 5.32 Å². The third-order valence-electron chi connectivity index (χ3n) is 5.60. The summed E-state index contributed by atoms with van der Waals surface area (Å²) < 4.78 is 1.37. The maximum Gasteiger partial charge on any atom is 0.258 e. The van der Waals surface area contributed by atoms with E-state index in [1.54, 1.807) is 37.3 Å². The number of aromatic nitrogens is 2. The summed E-state index contributed by atoms with van der Waals surface area (Å²) in [5.41, 5.74) is 1.17. The second-order valence-corrected chi connectivity index (χ2v) is 8.09. The van der Waals surface area contributed by atoms with Gasteiger partial charge in [-0.3, -0.25) is 29.1 Å². The monoisotopic (exact) mass is 440 g/mol. The van der Waals surface area contributed by atoms with E-state index in [9.17, 15) is 19.2 Å². The zero-order valence-electron chi connectivity index (χ0n) is 16.9. The molecule has 9 heteroatoms. The zero-order valence-corrected chi connectivity index (χ0v) is 17.6. The van der Waals surface area contributed by atoms with Crippen LogP contribution >= 0.6 is 11.6 Å². The molecule has 0 spiro atoms. The summed E-state index contributed by atoms with van der Waals surface area (Å²) in [6.07, 6.45) is 4.68. The highest BCUT2D eigenvalue weighted by Gasteiger charge is 2.33. The first-order valence-electron chi connectivity index (χ1n) is 10.0. The molecule has 2 N–H and O–H groups in total. The highest BCUT2D eigenvalue weighted by molar-refractivity contribution is 6.30. The molecule has 0 bridgehead atoms. The molecule has 8 nitrogen and oxygen atoms in total. The van der Waals surface area contributed by atoms with Gasteiger partial charge in [-0.1, -0.05) is 17.7 Å². The number of nitrogens with zero attached hydrogens (tertiary/aromatic N) is 2. The summed E-state index contributed by atoms with van der Waals surface area (Å²) in [4.78, 5) is 54.3. The van der Waals surface area contributed by atoms with Crippen molar-refractivity contribution in [1.29, 1.82) is 0 Å². The van der Waals surface area contributed by atoms with Crippen LogP contribution in [0.4, 0.5) is 0 Å². The second kappa shape index (κ2) is 8.47. The number of carbonyl (C=O) groups excluding carboxylic acids is 3. The highest BCUT2D eigenvalue weighted by atomic mass is 35.5. The number of aryl methyl sites for hydroxylation is 1. The van der Waals surface area contributed by atoms with Crippen molar-refractivity contribution in [3.05, 3.63) is 68.4 Å². The van der Waals surface area contributed by atoms with E-state index in [1.165, 1.54) is 4.57 Å². The molecule has 1 fully saturated rings. The number of carbonyl (C=O) groups is 3. The second-order valence-electron chi connectivity index (χ2n) is 7.65. The molecule has 2 unspecified atom stereocenters. The van der Waals surface area contributed by atoms with Gasteiger partial charge in [0.1, 0.15) is 11.9 Å². The summed E-state index contributed by atoms with van der Waals surface area (Å²) in [5.74, 6) is -0.978. The molecule has 2 atom stereocenters. The average Bonchev–Trinajstić information content (AvgIpc) is 2.73. The molecule has 1 saturated heterocycles. The van der Waals surface area contributed by atoms with Crippen LogP contribution in [0.5, 0.6) is 0 Å². The lowest BCUT2D eigenvalue weighted by molar-refractivity contribution is -0.135. The number of hydrogen-bond acceptors (Lipinski definition) is 5. The number of amides is 3. The Morgan fingerprint density at radius 1 is 1.26 bits per heavy atom. The number of imide groups is 1. The van der Waals surface area contributed by atoms with Crippen molar-refractivity contribution in [3.8, 4) is 0 Å². The molecule has 0 saturated carbocycles. The molecule has 2 aromatic rings. The Balaban J connectivity index is 1.61. The number of allylic oxidation sites excluding steroid dienone is 1. The van der Waals surface area contributed by atoms with E-state index < -0.39 is 11.9 Å². The first-order chi connectivity index (χ1) is 14.8. The van der Waals surface area contributed by atoms with Crippen LogP contribution in [0.2, 0.25) is 5.02 Å². The van der Waals surface area contributed by atoms with Gasteiger partial charge in [0.05, 0.1) is 5.69 Å². The molecule has 1 aliphatic heterocycles. The van der Waals surface area contributed by atoms with Gasteiger partial charge >= 0.3 is 0 Å². The van der Waals surface area contributed by atoms with E-state index in [0.29, 0.717) is 34.1 Å². The van der Waals surface area contributed by atoms with E-state index >= 15 is 0 Å².